The van der Waals surface area contributed by atoms with E-state index in [1.54, 1.807) is 24.3 Å². The molecule has 2 amide bonds. The molecule has 28 heavy (non-hydrogen) atoms. The van der Waals surface area contributed by atoms with Crippen LogP contribution < -0.4 is 9.80 Å². The SMILES string of the molecule is CCSC1=C(c2ccc(F)cc2)C(=O)N(c2ccc(N(CC)CC)cc2)C1=O. The van der Waals surface area contributed by atoms with Crippen molar-refractivity contribution in [2.24, 2.45) is 0 Å². The van der Waals surface area contributed by atoms with E-state index in [-0.39, 0.29) is 17.6 Å². The molecular weight excluding hydrogens is 375 g/mol. The molecule has 0 unspecified atom stereocenters. The Morgan fingerprint density at radius 2 is 1.50 bits per heavy atom. The van der Waals surface area contributed by atoms with Crippen LogP contribution in [0.4, 0.5) is 15.8 Å². The quantitative estimate of drug-likeness (QED) is 0.634. The highest BCUT2D eigenvalue weighted by atomic mass is 32.2. The van der Waals surface area contributed by atoms with Crippen LogP contribution in [0.5, 0.6) is 0 Å². The molecule has 0 fully saturated rings. The highest BCUT2D eigenvalue weighted by Gasteiger charge is 2.39. The number of benzene rings is 2. The lowest BCUT2D eigenvalue weighted by atomic mass is 10.1. The van der Waals surface area contributed by atoms with Gasteiger partial charge in [0.25, 0.3) is 11.8 Å². The zero-order valence-corrected chi connectivity index (χ0v) is 17.1. The number of imide groups is 1. The Bertz CT molecular complexity index is 903. The lowest BCUT2D eigenvalue weighted by Gasteiger charge is -2.22. The van der Waals surface area contributed by atoms with Crippen LogP contribution in [0.1, 0.15) is 26.3 Å². The van der Waals surface area contributed by atoms with Crippen molar-refractivity contribution < 1.29 is 14.0 Å². The molecular formula is C22H23FN2O2S. The standard InChI is InChI=1S/C22H23FN2O2S/c1-4-24(5-2)17-11-13-18(14-12-17)25-21(26)19(20(22(25)27)28-6-3)15-7-9-16(23)10-8-15/h7-14H,4-6H2,1-3H3. The third-order valence-corrected chi connectivity index (χ3v) is 5.66. The molecule has 0 aliphatic carbocycles. The van der Waals surface area contributed by atoms with Crippen LogP contribution in [-0.2, 0) is 9.59 Å². The summed E-state index contributed by atoms with van der Waals surface area (Å²) >= 11 is 1.34. The number of halogens is 1. The van der Waals surface area contributed by atoms with Gasteiger partial charge in [0.05, 0.1) is 16.2 Å². The van der Waals surface area contributed by atoms with Gasteiger partial charge in [0, 0.05) is 18.8 Å². The zero-order chi connectivity index (χ0) is 20.3. The van der Waals surface area contributed by atoms with Gasteiger partial charge >= 0.3 is 0 Å². The molecule has 1 heterocycles. The molecule has 0 radical (unpaired) electrons. The summed E-state index contributed by atoms with van der Waals surface area (Å²) in [6, 6.07) is 13.1. The summed E-state index contributed by atoms with van der Waals surface area (Å²) in [5.74, 6) is -0.419. The van der Waals surface area contributed by atoms with Crippen molar-refractivity contribution in [3.8, 4) is 0 Å². The van der Waals surface area contributed by atoms with E-state index in [0.29, 0.717) is 27.5 Å². The summed E-state index contributed by atoms with van der Waals surface area (Å²) in [6.07, 6.45) is 0. The molecule has 0 saturated carbocycles. The average Bonchev–Trinajstić information content (AvgIpc) is 2.94. The van der Waals surface area contributed by atoms with Crippen molar-refractivity contribution in [1.29, 1.82) is 0 Å². The van der Waals surface area contributed by atoms with Gasteiger partial charge in [0.2, 0.25) is 0 Å². The summed E-state index contributed by atoms with van der Waals surface area (Å²) in [5, 5.41) is 0. The molecule has 1 aliphatic heterocycles. The first-order chi connectivity index (χ1) is 13.5. The minimum Gasteiger partial charge on any atom is -0.372 e. The predicted molar refractivity (Wildman–Crippen MR) is 114 cm³/mol. The fourth-order valence-corrected chi connectivity index (χ4v) is 4.15. The monoisotopic (exact) mass is 398 g/mol. The molecule has 0 bridgehead atoms. The number of rotatable bonds is 7. The molecule has 4 nitrogen and oxygen atoms in total. The number of thioether (sulfide) groups is 1. The maximum Gasteiger partial charge on any atom is 0.272 e. The van der Waals surface area contributed by atoms with E-state index in [9.17, 15) is 14.0 Å². The molecule has 0 N–H and O–H groups in total. The number of hydrogen-bond acceptors (Lipinski definition) is 4. The first-order valence-electron chi connectivity index (χ1n) is 9.38. The van der Waals surface area contributed by atoms with Gasteiger partial charge in [0.1, 0.15) is 5.82 Å². The number of amides is 2. The van der Waals surface area contributed by atoms with E-state index < -0.39 is 0 Å². The second-order valence-electron chi connectivity index (χ2n) is 6.28. The molecule has 6 heteroatoms. The molecule has 1 aliphatic rings. The number of anilines is 2. The summed E-state index contributed by atoms with van der Waals surface area (Å²) in [4.78, 5) is 30.0. The van der Waals surface area contributed by atoms with E-state index in [0.717, 1.165) is 18.8 Å². The van der Waals surface area contributed by atoms with Gasteiger partial charge in [-0.15, -0.1) is 11.8 Å². The van der Waals surface area contributed by atoms with E-state index in [2.05, 4.69) is 18.7 Å². The van der Waals surface area contributed by atoms with Crippen LogP contribution in [-0.4, -0.2) is 30.7 Å². The van der Waals surface area contributed by atoms with Crippen LogP contribution in [0.3, 0.4) is 0 Å². The molecule has 0 saturated heterocycles. The fraction of sp³-hybridized carbons (Fsp3) is 0.273. The topological polar surface area (TPSA) is 40.6 Å². The minimum atomic E-state index is -0.380. The third kappa shape index (κ3) is 3.69. The molecule has 0 aromatic heterocycles. The minimum absolute atomic E-state index is 0.327. The van der Waals surface area contributed by atoms with E-state index in [1.165, 1.54) is 28.8 Å². The van der Waals surface area contributed by atoms with Crippen molar-refractivity contribution in [2.75, 3.05) is 28.6 Å². The Morgan fingerprint density at radius 3 is 2.04 bits per heavy atom. The Hall–Kier alpha value is -2.60. The van der Waals surface area contributed by atoms with Crippen LogP contribution in [0.2, 0.25) is 0 Å². The van der Waals surface area contributed by atoms with Gasteiger partial charge in [-0.2, -0.15) is 0 Å². The summed E-state index contributed by atoms with van der Waals surface area (Å²) in [7, 11) is 0. The van der Waals surface area contributed by atoms with Crippen molar-refractivity contribution in [3.63, 3.8) is 0 Å². The highest BCUT2D eigenvalue weighted by molar-refractivity contribution is 8.04. The molecule has 0 atom stereocenters. The fourth-order valence-electron chi connectivity index (χ4n) is 3.29. The smallest absolute Gasteiger partial charge is 0.272 e. The Labute approximate surface area is 169 Å². The number of nitrogens with zero attached hydrogens (tertiary/aromatic N) is 2. The molecule has 2 aromatic rings. The first kappa shape index (κ1) is 20.1. The molecule has 146 valence electrons. The van der Waals surface area contributed by atoms with E-state index in [4.69, 9.17) is 0 Å². The molecule has 3 rings (SSSR count). The lowest BCUT2D eigenvalue weighted by Crippen LogP contribution is -2.31. The van der Waals surface area contributed by atoms with Gasteiger partial charge < -0.3 is 4.90 Å². The van der Waals surface area contributed by atoms with Crippen molar-refractivity contribution in [3.05, 3.63) is 64.8 Å². The van der Waals surface area contributed by atoms with Crippen LogP contribution >= 0.6 is 11.8 Å². The van der Waals surface area contributed by atoms with E-state index >= 15 is 0 Å². The van der Waals surface area contributed by atoms with Gasteiger partial charge in [-0.25, -0.2) is 9.29 Å². The molecule has 0 spiro atoms. The maximum atomic E-state index is 13.3. The second kappa shape index (κ2) is 8.61. The van der Waals surface area contributed by atoms with Crippen LogP contribution in [0.15, 0.2) is 53.4 Å². The zero-order valence-electron chi connectivity index (χ0n) is 16.2. The van der Waals surface area contributed by atoms with Gasteiger partial charge in [0.15, 0.2) is 0 Å². The highest BCUT2D eigenvalue weighted by Crippen LogP contribution is 2.38. The summed E-state index contributed by atoms with van der Waals surface area (Å²) < 4.78 is 13.3. The van der Waals surface area contributed by atoms with Gasteiger partial charge in [-0.05, 0) is 61.6 Å². The summed E-state index contributed by atoms with van der Waals surface area (Å²) in [6.45, 7) is 7.85. The lowest BCUT2D eigenvalue weighted by molar-refractivity contribution is -0.119. The normalized spacial score (nSPS) is 14.2. The molecule has 2 aromatic carbocycles. The third-order valence-electron chi connectivity index (χ3n) is 4.70. The van der Waals surface area contributed by atoms with Gasteiger partial charge in [-0.1, -0.05) is 19.1 Å². The van der Waals surface area contributed by atoms with Crippen LogP contribution in [0.25, 0.3) is 5.57 Å². The number of carbonyl (C=O) groups is 2. The van der Waals surface area contributed by atoms with Crippen LogP contribution in [0, 0.1) is 5.82 Å². The van der Waals surface area contributed by atoms with Crippen molar-refractivity contribution >= 4 is 40.5 Å². The first-order valence-corrected chi connectivity index (χ1v) is 10.4. The Morgan fingerprint density at radius 1 is 0.893 bits per heavy atom. The Kier molecular flexibility index (Phi) is 6.19. The van der Waals surface area contributed by atoms with Gasteiger partial charge in [-0.3, -0.25) is 9.59 Å². The number of carbonyl (C=O) groups excluding carboxylic acids is 2. The maximum absolute atomic E-state index is 13.3. The predicted octanol–water partition coefficient (Wildman–Crippen LogP) is 4.71. The summed E-state index contributed by atoms with van der Waals surface area (Å²) in [5.41, 5.74) is 2.47. The van der Waals surface area contributed by atoms with E-state index in [1.807, 2.05) is 19.1 Å². The Balaban J connectivity index is 1.97. The van der Waals surface area contributed by atoms with Crippen molar-refractivity contribution in [2.45, 2.75) is 20.8 Å². The van der Waals surface area contributed by atoms with Crippen molar-refractivity contribution in [1.82, 2.24) is 0 Å². The number of hydrogen-bond donors (Lipinski definition) is 0. The second-order valence-corrected chi connectivity index (χ2v) is 7.55. The largest absolute Gasteiger partial charge is 0.372 e. The average molecular weight is 399 g/mol.